The van der Waals surface area contributed by atoms with Crippen LogP contribution in [0.1, 0.15) is 28.5 Å². The lowest BCUT2D eigenvalue weighted by molar-refractivity contribution is -0.122. The van der Waals surface area contributed by atoms with Crippen LogP contribution in [0, 0.1) is 13.8 Å². The van der Waals surface area contributed by atoms with Crippen LogP contribution in [0.15, 0.2) is 107 Å². The fraction of sp³-hybridized carbons (Fsp3) is 0.207. The van der Waals surface area contributed by atoms with E-state index in [0.29, 0.717) is 18.7 Å². The number of hydrogen-bond acceptors (Lipinski definition) is 4. The third-order valence-electron chi connectivity index (χ3n) is 6.66. The van der Waals surface area contributed by atoms with E-state index in [4.69, 9.17) is 4.74 Å². The van der Waals surface area contributed by atoms with Crippen LogP contribution in [0.5, 0.6) is 0 Å². The maximum atomic E-state index is 12.8. The van der Waals surface area contributed by atoms with Crippen molar-refractivity contribution in [1.29, 1.82) is 0 Å². The zero-order valence-electron chi connectivity index (χ0n) is 19.6. The molecule has 5 rings (SSSR count). The molecule has 4 aromatic rings. The first-order valence-corrected chi connectivity index (χ1v) is 11.7. The van der Waals surface area contributed by atoms with Gasteiger partial charge in [0.2, 0.25) is 0 Å². The predicted octanol–water partition coefficient (Wildman–Crippen LogP) is 3.87. The molecule has 35 heavy (non-hydrogen) atoms. The lowest BCUT2D eigenvalue weighted by atomic mass is 9.75. The van der Waals surface area contributed by atoms with Crippen LogP contribution in [-0.4, -0.2) is 33.6 Å². The van der Waals surface area contributed by atoms with Crippen LogP contribution in [-0.2, 0) is 10.3 Å². The summed E-state index contributed by atoms with van der Waals surface area (Å²) in [6, 6.07) is 31.1. The minimum atomic E-state index is -0.650. The van der Waals surface area contributed by atoms with Crippen molar-refractivity contribution >= 4 is 0 Å². The number of hydrogen-bond donors (Lipinski definition) is 1. The summed E-state index contributed by atoms with van der Waals surface area (Å²) < 4.78 is 7.63. The van der Waals surface area contributed by atoms with Gasteiger partial charge in [-0.3, -0.25) is 19.2 Å². The van der Waals surface area contributed by atoms with Gasteiger partial charge in [-0.2, -0.15) is 0 Å². The Morgan fingerprint density at radius 2 is 1.31 bits per heavy atom. The number of H-pyrrole nitrogens is 1. The van der Waals surface area contributed by atoms with E-state index in [-0.39, 0.29) is 0 Å². The number of aromatic amines is 1. The summed E-state index contributed by atoms with van der Waals surface area (Å²) in [5, 5.41) is 0. The number of ether oxygens (including phenoxy) is 1. The van der Waals surface area contributed by atoms with Crippen molar-refractivity contribution in [3.8, 4) is 0 Å². The Bertz CT molecular complexity index is 1300. The molecule has 1 saturated heterocycles. The summed E-state index contributed by atoms with van der Waals surface area (Å²) in [5.41, 5.74) is 2.23. The number of aryl methyl sites for hydroxylation is 1. The van der Waals surface area contributed by atoms with Gasteiger partial charge in [0.05, 0.1) is 11.6 Å². The molecule has 1 aliphatic heterocycles. The van der Waals surface area contributed by atoms with Crippen LogP contribution in [0.4, 0.5) is 0 Å². The van der Waals surface area contributed by atoms with Gasteiger partial charge in [0, 0.05) is 24.8 Å². The van der Waals surface area contributed by atoms with Crippen molar-refractivity contribution in [2.75, 3.05) is 13.1 Å². The molecule has 1 aliphatic rings. The number of nitrogens with one attached hydrogen (secondary N) is 1. The standard InChI is InChI=1S/C29H28N3O3/c1-21-18-32(28(34)30-27(21)33)26-20-31(19-22(2)35-26)29(23-12-6-3-7-13-23,24-14-8-4-9-15-24)25-16-10-5-11-17-25/h3-18,22,26H,2,19-20H2,1H3,(H,30,33,34)/t22-,26+/m0/s1. The molecule has 1 aromatic heterocycles. The number of aromatic nitrogens is 2. The summed E-state index contributed by atoms with van der Waals surface area (Å²) >= 11 is 0. The second-order valence-corrected chi connectivity index (χ2v) is 8.90. The third kappa shape index (κ3) is 4.16. The van der Waals surface area contributed by atoms with Crippen molar-refractivity contribution in [2.45, 2.75) is 24.8 Å². The minimum Gasteiger partial charge on any atom is -0.352 e. The number of benzene rings is 3. The topological polar surface area (TPSA) is 67.3 Å². The van der Waals surface area contributed by atoms with Gasteiger partial charge in [-0.25, -0.2) is 4.79 Å². The Hall–Kier alpha value is -3.74. The van der Waals surface area contributed by atoms with Crippen molar-refractivity contribution in [3.05, 3.63) is 147 Å². The molecule has 1 radical (unpaired) electrons. The van der Waals surface area contributed by atoms with Gasteiger partial charge in [0.1, 0.15) is 0 Å². The normalized spacial score (nSPS) is 18.9. The fourth-order valence-electron chi connectivity index (χ4n) is 5.13. The molecule has 3 aromatic carbocycles. The summed E-state index contributed by atoms with van der Waals surface area (Å²) in [4.78, 5) is 29.5. The van der Waals surface area contributed by atoms with Gasteiger partial charge in [0.15, 0.2) is 6.23 Å². The molecule has 0 saturated carbocycles. The number of morpholine rings is 1. The van der Waals surface area contributed by atoms with Gasteiger partial charge in [0.25, 0.3) is 5.56 Å². The van der Waals surface area contributed by atoms with Crippen molar-refractivity contribution in [1.82, 2.24) is 14.5 Å². The molecule has 2 heterocycles. The first-order valence-electron chi connectivity index (χ1n) is 11.7. The quantitative estimate of drug-likeness (QED) is 0.454. The maximum Gasteiger partial charge on any atom is 0.330 e. The summed E-state index contributed by atoms with van der Waals surface area (Å²) in [6.07, 6.45) is 0.547. The van der Waals surface area contributed by atoms with Gasteiger partial charge in [-0.15, -0.1) is 0 Å². The van der Waals surface area contributed by atoms with E-state index in [1.165, 1.54) is 4.57 Å². The van der Waals surface area contributed by atoms with E-state index in [1.54, 1.807) is 13.1 Å². The summed E-state index contributed by atoms with van der Waals surface area (Å²) in [6.45, 7) is 6.88. The highest BCUT2D eigenvalue weighted by molar-refractivity contribution is 5.49. The highest BCUT2D eigenvalue weighted by Gasteiger charge is 2.45. The Morgan fingerprint density at radius 1 is 0.829 bits per heavy atom. The Balaban J connectivity index is 1.73. The third-order valence-corrected chi connectivity index (χ3v) is 6.66. The van der Waals surface area contributed by atoms with E-state index in [0.717, 1.165) is 16.7 Å². The molecule has 177 valence electrons. The Labute approximate surface area is 204 Å². The first kappa shape index (κ1) is 23.0. The average molecular weight is 467 g/mol. The van der Waals surface area contributed by atoms with Crippen LogP contribution in [0.2, 0.25) is 0 Å². The van der Waals surface area contributed by atoms with Crippen LogP contribution in [0.3, 0.4) is 0 Å². The fourth-order valence-corrected chi connectivity index (χ4v) is 5.13. The van der Waals surface area contributed by atoms with E-state index >= 15 is 0 Å². The van der Waals surface area contributed by atoms with Crippen LogP contribution >= 0.6 is 0 Å². The van der Waals surface area contributed by atoms with E-state index in [2.05, 4.69) is 53.2 Å². The van der Waals surface area contributed by atoms with Crippen molar-refractivity contribution < 1.29 is 4.74 Å². The minimum absolute atomic E-state index is 0.391. The van der Waals surface area contributed by atoms with E-state index in [9.17, 15) is 9.59 Å². The molecule has 6 heteroatoms. The van der Waals surface area contributed by atoms with Crippen molar-refractivity contribution in [2.24, 2.45) is 0 Å². The van der Waals surface area contributed by atoms with E-state index < -0.39 is 29.1 Å². The number of nitrogens with zero attached hydrogens (tertiary/aromatic N) is 2. The van der Waals surface area contributed by atoms with Crippen LogP contribution in [0.25, 0.3) is 0 Å². The second-order valence-electron chi connectivity index (χ2n) is 8.90. The number of rotatable bonds is 5. The SMILES string of the molecule is [CH2][C@H]1CN(C(c2ccccc2)(c2ccccc2)c2ccccc2)C[C@H](n2cc(C)c(=O)[nH]c2=O)O1. The zero-order valence-corrected chi connectivity index (χ0v) is 19.6. The summed E-state index contributed by atoms with van der Waals surface area (Å²) in [5.74, 6) is 0. The molecule has 2 atom stereocenters. The lowest BCUT2D eigenvalue weighted by Gasteiger charge is -2.50. The Kier molecular flexibility index (Phi) is 6.24. The second kappa shape index (κ2) is 9.49. The predicted molar refractivity (Wildman–Crippen MR) is 136 cm³/mol. The highest BCUT2D eigenvalue weighted by Crippen LogP contribution is 2.44. The smallest absolute Gasteiger partial charge is 0.330 e. The van der Waals surface area contributed by atoms with Crippen LogP contribution < -0.4 is 11.2 Å². The largest absolute Gasteiger partial charge is 0.352 e. The average Bonchev–Trinajstić information content (AvgIpc) is 2.88. The molecular formula is C29H28N3O3. The first-order chi connectivity index (χ1) is 17.0. The van der Waals surface area contributed by atoms with Gasteiger partial charge in [-0.05, 0) is 30.5 Å². The molecule has 6 nitrogen and oxygen atoms in total. The molecular weight excluding hydrogens is 438 g/mol. The molecule has 0 aliphatic carbocycles. The molecule has 1 N–H and O–H groups in total. The zero-order chi connectivity index (χ0) is 24.4. The molecule has 1 fully saturated rings. The molecule has 0 bridgehead atoms. The maximum absolute atomic E-state index is 12.8. The van der Waals surface area contributed by atoms with Gasteiger partial charge >= 0.3 is 5.69 Å². The van der Waals surface area contributed by atoms with Gasteiger partial charge < -0.3 is 4.74 Å². The highest BCUT2D eigenvalue weighted by atomic mass is 16.5. The summed E-state index contributed by atoms with van der Waals surface area (Å²) in [7, 11) is 0. The van der Waals surface area contributed by atoms with Gasteiger partial charge in [-0.1, -0.05) is 91.0 Å². The molecule has 0 unspecified atom stereocenters. The Morgan fingerprint density at radius 3 is 1.80 bits per heavy atom. The molecule has 0 spiro atoms. The molecule has 0 amide bonds. The van der Waals surface area contributed by atoms with E-state index in [1.807, 2.05) is 54.6 Å². The lowest BCUT2D eigenvalue weighted by Crippen LogP contribution is -2.57. The van der Waals surface area contributed by atoms with Crippen molar-refractivity contribution in [3.63, 3.8) is 0 Å². The monoisotopic (exact) mass is 466 g/mol.